The van der Waals surface area contributed by atoms with Crippen molar-refractivity contribution >= 4 is 5.95 Å². The highest BCUT2D eigenvalue weighted by Crippen LogP contribution is 1.98. The fraction of sp³-hybridized carbons (Fsp3) is 0.200. The van der Waals surface area contributed by atoms with E-state index in [-0.39, 0.29) is 12.0 Å². The predicted octanol–water partition coefficient (Wildman–Crippen LogP) is -0.934. The van der Waals surface area contributed by atoms with E-state index in [1.54, 1.807) is 6.19 Å². The molecule has 7 nitrogen and oxygen atoms in total. The Bertz CT molecular complexity index is 365. The minimum Gasteiger partial charge on any atom is -0.467 e. The normalized spacial score (nSPS) is 8.67. The Kier molecular flexibility index (Phi) is 2.23. The van der Waals surface area contributed by atoms with Gasteiger partial charge in [0.15, 0.2) is 6.19 Å². The lowest BCUT2D eigenvalue weighted by Gasteiger charge is -1.97. The molecular weight excluding hydrogens is 162 g/mol. The third kappa shape index (κ3) is 1.69. The van der Waals surface area contributed by atoms with E-state index in [0.29, 0.717) is 0 Å². The topological polar surface area (TPSA) is 104 Å². The van der Waals surface area contributed by atoms with E-state index in [9.17, 15) is 4.79 Å². The average molecular weight is 167 g/mol. The Labute approximate surface area is 67.0 Å². The zero-order chi connectivity index (χ0) is 8.97. The van der Waals surface area contributed by atoms with Crippen molar-refractivity contribution in [3.05, 3.63) is 10.5 Å². The van der Waals surface area contributed by atoms with Crippen molar-refractivity contribution in [2.45, 2.75) is 0 Å². The first-order valence-corrected chi connectivity index (χ1v) is 2.93. The number of hydrogen-bond donors (Lipinski definition) is 2. The number of anilines is 1. The van der Waals surface area contributed by atoms with Gasteiger partial charge >= 0.3 is 11.7 Å². The lowest BCUT2D eigenvalue weighted by atomic mass is 10.9. The average Bonchev–Trinajstić information content (AvgIpc) is 2.04. The van der Waals surface area contributed by atoms with Gasteiger partial charge in [0.1, 0.15) is 0 Å². The molecule has 62 valence electrons. The van der Waals surface area contributed by atoms with Gasteiger partial charge in [0.2, 0.25) is 5.95 Å². The van der Waals surface area contributed by atoms with E-state index in [4.69, 9.17) is 5.26 Å². The highest BCUT2D eigenvalue weighted by Gasteiger charge is 2.00. The number of rotatable bonds is 2. The van der Waals surface area contributed by atoms with E-state index in [1.165, 1.54) is 7.11 Å². The van der Waals surface area contributed by atoms with Crippen LogP contribution in [0.5, 0.6) is 6.01 Å². The molecule has 2 N–H and O–H groups in total. The van der Waals surface area contributed by atoms with E-state index >= 15 is 0 Å². The molecule has 0 aliphatic rings. The van der Waals surface area contributed by atoms with Crippen LogP contribution in [0.2, 0.25) is 0 Å². The largest absolute Gasteiger partial charge is 0.467 e. The van der Waals surface area contributed by atoms with Gasteiger partial charge in [0, 0.05) is 0 Å². The number of ether oxygens (including phenoxy) is 1. The standard InChI is InChI=1S/C5H5N5O2/c1-12-5-9-3(7-2-6)8-4(11)10-5/h1H3,(H2,7,8,9,10,11). The summed E-state index contributed by atoms with van der Waals surface area (Å²) in [5.74, 6) is 0.00866. The number of hydrogen-bond acceptors (Lipinski definition) is 6. The predicted molar refractivity (Wildman–Crippen MR) is 38.4 cm³/mol. The summed E-state index contributed by atoms with van der Waals surface area (Å²) in [6, 6.07) is -0.0866. The van der Waals surface area contributed by atoms with Gasteiger partial charge in [-0.15, -0.1) is 4.98 Å². The molecule has 0 aliphatic heterocycles. The first kappa shape index (κ1) is 8.00. The maximum absolute atomic E-state index is 10.7. The molecule has 0 saturated heterocycles. The molecule has 0 atom stereocenters. The van der Waals surface area contributed by atoms with E-state index in [2.05, 4.69) is 25.0 Å². The Morgan fingerprint density at radius 1 is 1.67 bits per heavy atom. The summed E-state index contributed by atoms with van der Waals surface area (Å²) >= 11 is 0. The van der Waals surface area contributed by atoms with Gasteiger partial charge in [-0.3, -0.25) is 10.3 Å². The molecule has 0 amide bonds. The Balaban J connectivity index is 3.08. The van der Waals surface area contributed by atoms with Crippen LogP contribution in [0.15, 0.2) is 4.79 Å². The molecule has 0 spiro atoms. The van der Waals surface area contributed by atoms with Crippen LogP contribution in [-0.2, 0) is 0 Å². The molecule has 0 bridgehead atoms. The van der Waals surface area contributed by atoms with E-state index < -0.39 is 5.69 Å². The summed E-state index contributed by atoms with van der Waals surface area (Å²) in [7, 11) is 1.32. The molecule has 0 aromatic carbocycles. The Morgan fingerprint density at radius 3 is 3.00 bits per heavy atom. The lowest BCUT2D eigenvalue weighted by molar-refractivity contribution is 0.377. The van der Waals surface area contributed by atoms with Gasteiger partial charge in [-0.25, -0.2) is 4.79 Å². The molecule has 0 radical (unpaired) electrons. The van der Waals surface area contributed by atoms with Gasteiger partial charge in [0.25, 0.3) is 0 Å². The highest BCUT2D eigenvalue weighted by atomic mass is 16.5. The quantitative estimate of drug-likeness (QED) is 0.435. The number of nitrogens with zero attached hydrogens (tertiary/aromatic N) is 3. The second-order valence-electron chi connectivity index (χ2n) is 1.73. The summed E-state index contributed by atoms with van der Waals surface area (Å²) in [5, 5.41) is 10.3. The molecule has 7 heteroatoms. The maximum atomic E-state index is 10.7. The van der Waals surface area contributed by atoms with Gasteiger partial charge < -0.3 is 4.74 Å². The zero-order valence-electron chi connectivity index (χ0n) is 6.16. The first-order valence-electron chi connectivity index (χ1n) is 2.93. The minimum absolute atomic E-state index is 0.00866. The monoisotopic (exact) mass is 167 g/mol. The molecule has 1 aromatic heterocycles. The van der Waals surface area contributed by atoms with E-state index in [0.717, 1.165) is 0 Å². The molecule has 1 heterocycles. The summed E-state index contributed by atoms with van der Waals surface area (Å²) < 4.78 is 4.59. The Morgan fingerprint density at radius 2 is 2.42 bits per heavy atom. The molecule has 0 fully saturated rings. The van der Waals surface area contributed by atoms with Crippen LogP contribution in [0.4, 0.5) is 5.95 Å². The number of methoxy groups -OCH3 is 1. The van der Waals surface area contributed by atoms with Crippen molar-refractivity contribution in [1.82, 2.24) is 15.0 Å². The smallest absolute Gasteiger partial charge is 0.352 e. The Hall–Kier alpha value is -2.10. The molecule has 0 saturated carbocycles. The number of H-pyrrole nitrogens is 1. The summed E-state index contributed by atoms with van der Waals surface area (Å²) in [6.45, 7) is 0. The summed E-state index contributed by atoms with van der Waals surface area (Å²) in [4.78, 5) is 19.9. The highest BCUT2D eigenvalue weighted by molar-refractivity contribution is 5.29. The van der Waals surface area contributed by atoms with Gasteiger partial charge in [-0.2, -0.15) is 10.2 Å². The number of nitriles is 1. The van der Waals surface area contributed by atoms with Crippen molar-refractivity contribution < 1.29 is 4.74 Å². The third-order valence-corrected chi connectivity index (χ3v) is 0.987. The molecule has 1 aromatic rings. The number of nitrogens with one attached hydrogen (secondary N) is 2. The van der Waals surface area contributed by atoms with Crippen molar-refractivity contribution in [2.24, 2.45) is 0 Å². The van der Waals surface area contributed by atoms with Crippen LogP contribution in [0.3, 0.4) is 0 Å². The molecule has 0 unspecified atom stereocenters. The minimum atomic E-state index is -0.625. The van der Waals surface area contributed by atoms with Crippen molar-refractivity contribution in [3.8, 4) is 12.2 Å². The number of aromatic amines is 1. The maximum Gasteiger partial charge on any atom is 0.352 e. The van der Waals surface area contributed by atoms with Crippen LogP contribution >= 0.6 is 0 Å². The second kappa shape index (κ2) is 3.34. The van der Waals surface area contributed by atoms with Crippen molar-refractivity contribution in [3.63, 3.8) is 0 Å². The fourth-order valence-electron chi connectivity index (χ4n) is 0.568. The van der Waals surface area contributed by atoms with Crippen molar-refractivity contribution in [1.29, 1.82) is 5.26 Å². The number of aromatic nitrogens is 3. The van der Waals surface area contributed by atoms with Gasteiger partial charge in [-0.05, 0) is 0 Å². The zero-order valence-corrected chi connectivity index (χ0v) is 6.16. The molecule has 0 aliphatic carbocycles. The summed E-state index contributed by atoms with van der Waals surface area (Å²) in [6.07, 6.45) is 1.60. The van der Waals surface area contributed by atoms with Gasteiger partial charge in [0.05, 0.1) is 7.11 Å². The molecular formula is C5H5N5O2. The second-order valence-corrected chi connectivity index (χ2v) is 1.73. The molecule has 12 heavy (non-hydrogen) atoms. The van der Waals surface area contributed by atoms with Crippen LogP contribution in [0, 0.1) is 11.5 Å². The first-order chi connectivity index (χ1) is 5.76. The third-order valence-electron chi connectivity index (χ3n) is 0.987. The fourth-order valence-corrected chi connectivity index (χ4v) is 0.568. The van der Waals surface area contributed by atoms with E-state index in [1.807, 2.05) is 0 Å². The SMILES string of the molecule is COc1nc(NC#N)[nH]c(=O)n1. The summed E-state index contributed by atoms with van der Waals surface area (Å²) in [5.41, 5.74) is -0.625. The van der Waals surface area contributed by atoms with Crippen LogP contribution < -0.4 is 15.7 Å². The van der Waals surface area contributed by atoms with Crippen LogP contribution in [-0.4, -0.2) is 22.1 Å². The van der Waals surface area contributed by atoms with Crippen LogP contribution in [0.25, 0.3) is 0 Å². The van der Waals surface area contributed by atoms with Gasteiger partial charge in [-0.1, -0.05) is 0 Å². The lowest BCUT2D eigenvalue weighted by Crippen LogP contribution is -2.15. The van der Waals surface area contributed by atoms with Crippen molar-refractivity contribution in [2.75, 3.05) is 12.4 Å². The van der Waals surface area contributed by atoms with Crippen LogP contribution in [0.1, 0.15) is 0 Å². The molecule has 1 rings (SSSR count).